The Morgan fingerprint density at radius 1 is 1.10 bits per heavy atom. The number of aromatic nitrogens is 4. The van der Waals surface area contributed by atoms with Crippen LogP contribution in [0.25, 0.3) is 17.0 Å². The molecule has 0 aliphatic carbocycles. The Labute approximate surface area is 174 Å². The van der Waals surface area contributed by atoms with Gasteiger partial charge in [-0.05, 0) is 23.8 Å². The summed E-state index contributed by atoms with van der Waals surface area (Å²) in [5, 5.41) is 6.36. The van der Waals surface area contributed by atoms with Crippen molar-refractivity contribution in [1.29, 1.82) is 0 Å². The van der Waals surface area contributed by atoms with E-state index in [-0.39, 0.29) is 18.2 Å². The molecule has 0 aliphatic rings. The predicted octanol–water partition coefficient (Wildman–Crippen LogP) is 3.75. The summed E-state index contributed by atoms with van der Waals surface area (Å²) in [6.45, 7) is 0.268. The fraction of sp³-hybridized carbons (Fsp3) is 0.143. The maximum atomic E-state index is 12.9. The monoisotopic (exact) mass is 427 g/mol. The number of hydrogen-bond acceptors (Lipinski definition) is 5. The molecule has 4 rings (SSSR count). The van der Waals surface area contributed by atoms with Gasteiger partial charge >= 0.3 is 6.18 Å². The lowest BCUT2D eigenvalue weighted by atomic mass is 10.1. The van der Waals surface area contributed by atoms with Gasteiger partial charge in [-0.1, -0.05) is 36.4 Å². The molecule has 0 bridgehead atoms. The summed E-state index contributed by atoms with van der Waals surface area (Å²) in [5.41, 5.74) is 2.28. The number of nitrogens with zero attached hydrogens (tertiary/aromatic N) is 4. The average Bonchev–Trinajstić information content (AvgIpc) is 3.23. The molecule has 0 atom stereocenters. The number of hydrogen-bond donors (Lipinski definition) is 1. The zero-order chi connectivity index (χ0) is 22.0. The molecular formula is C21H16F3N5O2. The second-order valence-electron chi connectivity index (χ2n) is 6.55. The van der Waals surface area contributed by atoms with Gasteiger partial charge in [-0.15, -0.1) is 5.10 Å². The van der Waals surface area contributed by atoms with Crippen molar-refractivity contribution in [2.75, 3.05) is 7.11 Å². The van der Waals surface area contributed by atoms with Crippen LogP contribution in [-0.4, -0.2) is 32.6 Å². The third-order valence-electron chi connectivity index (χ3n) is 4.55. The molecule has 0 unspecified atom stereocenters. The lowest BCUT2D eigenvalue weighted by Crippen LogP contribution is -2.23. The highest BCUT2D eigenvalue weighted by Crippen LogP contribution is 2.28. The molecule has 0 aliphatic heterocycles. The number of rotatable bonds is 5. The van der Waals surface area contributed by atoms with Crippen LogP contribution >= 0.6 is 0 Å². The third kappa shape index (κ3) is 4.18. The van der Waals surface area contributed by atoms with Gasteiger partial charge in [-0.2, -0.15) is 22.7 Å². The second kappa shape index (κ2) is 8.05. The Morgan fingerprint density at radius 3 is 2.55 bits per heavy atom. The molecule has 2 aromatic carbocycles. The van der Waals surface area contributed by atoms with Gasteiger partial charge in [0.2, 0.25) is 0 Å². The molecule has 4 aromatic rings. The van der Waals surface area contributed by atoms with Crippen molar-refractivity contribution in [3.63, 3.8) is 0 Å². The molecule has 0 radical (unpaired) electrons. The number of para-hydroxylation sites is 1. The highest BCUT2D eigenvalue weighted by molar-refractivity contribution is 5.96. The summed E-state index contributed by atoms with van der Waals surface area (Å²) in [5.74, 6) is -1.19. The van der Waals surface area contributed by atoms with E-state index >= 15 is 0 Å². The van der Waals surface area contributed by atoms with Crippen LogP contribution in [0.3, 0.4) is 0 Å². The first-order valence-corrected chi connectivity index (χ1v) is 9.16. The number of alkyl halides is 3. The normalized spacial score (nSPS) is 11.5. The lowest BCUT2D eigenvalue weighted by molar-refractivity contribution is -0.144. The van der Waals surface area contributed by atoms with Gasteiger partial charge in [0.05, 0.1) is 18.4 Å². The molecule has 31 heavy (non-hydrogen) atoms. The van der Waals surface area contributed by atoms with Crippen LogP contribution < -0.4 is 10.1 Å². The molecule has 10 heteroatoms. The number of fused-ring (bicyclic) bond motifs is 1. The summed E-state index contributed by atoms with van der Waals surface area (Å²) in [6.07, 6.45) is -3.28. The molecule has 0 fully saturated rings. The Kier molecular flexibility index (Phi) is 5.28. The second-order valence-corrected chi connectivity index (χ2v) is 6.55. The van der Waals surface area contributed by atoms with Crippen molar-refractivity contribution in [1.82, 2.24) is 24.9 Å². The number of amides is 1. The summed E-state index contributed by atoms with van der Waals surface area (Å²) >= 11 is 0. The van der Waals surface area contributed by atoms with Crippen LogP contribution in [0, 0.1) is 0 Å². The highest BCUT2D eigenvalue weighted by atomic mass is 19.4. The van der Waals surface area contributed by atoms with Gasteiger partial charge in [0.15, 0.2) is 0 Å². The van der Waals surface area contributed by atoms with E-state index in [2.05, 4.69) is 20.4 Å². The van der Waals surface area contributed by atoms with Gasteiger partial charge in [0.25, 0.3) is 17.5 Å². The number of carbonyl (C=O) groups is 1. The molecule has 2 aromatic heterocycles. The van der Waals surface area contributed by atoms with Gasteiger partial charge in [-0.25, -0.2) is 4.98 Å². The van der Waals surface area contributed by atoms with Crippen molar-refractivity contribution in [3.05, 3.63) is 77.7 Å². The number of halogens is 3. The van der Waals surface area contributed by atoms with Crippen LogP contribution in [0.2, 0.25) is 0 Å². The molecule has 0 saturated heterocycles. The molecule has 1 amide bonds. The molecule has 0 saturated carbocycles. The van der Waals surface area contributed by atoms with Crippen molar-refractivity contribution >= 4 is 11.7 Å². The summed E-state index contributed by atoms with van der Waals surface area (Å²) in [4.78, 5) is 19.7. The quantitative estimate of drug-likeness (QED) is 0.525. The Morgan fingerprint density at radius 2 is 1.84 bits per heavy atom. The van der Waals surface area contributed by atoms with Crippen LogP contribution in [0.15, 0.2) is 60.8 Å². The largest absolute Gasteiger partial charge is 0.496 e. The minimum atomic E-state index is -4.66. The first kappa shape index (κ1) is 20.3. The van der Waals surface area contributed by atoms with Gasteiger partial charge in [0, 0.05) is 18.3 Å². The van der Waals surface area contributed by atoms with E-state index in [1.165, 1.54) is 13.3 Å². The van der Waals surface area contributed by atoms with Crippen molar-refractivity contribution in [2.24, 2.45) is 0 Å². The van der Waals surface area contributed by atoms with Gasteiger partial charge < -0.3 is 10.1 Å². The molecular weight excluding hydrogens is 411 g/mol. The fourth-order valence-corrected chi connectivity index (χ4v) is 3.04. The Hall–Kier alpha value is -3.95. The maximum absolute atomic E-state index is 12.9. The van der Waals surface area contributed by atoms with E-state index in [9.17, 15) is 18.0 Å². The van der Waals surface area contributed by atoms with Crippen LogP contribution in [-0.2, 0) is 12.7 Å². The smallest absolute Gasteiger partial charge is 0.453 e. The molecule has 2 heterocycles. The molecule has 1 N–H and O–H groups in total. The zero-order valence-corrected chi connectivity index (χ0v) is 16.2. The summed E-state index contributed by atoms with van der Waals surface area (Å²) < 4.78 is 45.0. The van der Waals surface area contributed by atoms with Crippen molar-refractivity contribution in [3.8, 4) is 17.0 Å². The fourth-order valence-electron chi connectivity index (χ4n) is 3.04. The molecule has 7 nitrogen and oxygen atoms in total. The van der Waals surface area contributed by atoms with E-state index in [1.807, 2.05) is 0 Å². The SMILES string of the molecule is COc1ccccc1C(=O)NCc1ccc(-c2ccnc3nc(C(F)(F)F)nn23)cc1. The summed E-state index contributed by atoms with van der Waals surface area (Å²) in [7, 11) is 1.49. The van der Waals surface area contributed by atoms with E-state index in [4.69, 9.17) is 4.74 Å². The topological polar surface area (TPSA) is 81.4 Å². The first-order valence-electron chi connectivity index (χ1n) is 9.16. The Bertz CT molecular complexity index is 1240. The van der Waals surface area contributed by atoms with E-state index in [0.29, 0.717) is 22.6 Å². The number of methoxy groups -OCH3 is 1. The first-order chi connectivity index (χ1) is 14.9. The van der Waals surface area contributed by atoms with E-state index in [1.54, 1.807) is 54.6 Å². The average molecular weight is 427 g/mol. The van der Waals surface area contributed by atoms with Crippen molar-refractivity contribution in [2.45, 2.75) is 12.7 Å². The Balaban J connectivity index is 1.52. The number of carbonyl (C=O) groups excluding carboxylic acids is 1. The number of nitrogens with one attached hydrogen (secondary N) is 1. The summed E-state index contributed by atoms with van der Waals surface area (Å²) in [6, 6.07) is 15.4. The van der Waals surface area contributed by atoms with Crippen LogP contribution in [0.4, 0.5) is 13.2 Å². The minimum absolute atomic E-state index is 0.141. The van der Waals surface area contributed by atoms with Crippen LogP contribution in [0.5, 0.6) is 5.75 Å². The number of ether oxygens (including phenoxy) is 1. The highest BCUT2D eigenvalue weighted by Gasteiger charge is 2.36. The predicted molar refractivity (Wildman–Crippen MR) is 105 cm³/mol. The standard InChI is InChI=1S/C21H16F3N5O2/c1-31-17-5-3-2-4-15(17)18(30)26-12-13-6-8-14(9-7-13)16-10-11-25-20-27-19(21(22,23)24)28-29(16)20/h2-11H,12H2,1H3,(H,26,30). The zero-order valence-electron chi connectivity index (χ0n) is 16.2. The molecule has 158 valence electrons. The van der Waals surface area contributed by atoms with Crippen LogP contribution in [0.1, 0.15) is 21.7 Å². The minimum Gasteiger partial charge on any atom is -0.496 e. The molecule has 0 spiro atoms. The maximum Gasteiger partial charge on any atom is 0.453 e. The van der Waals surface area contributed by atoms with E-state index in [0.717, 1.165) is 10.1 Å². The van der Waals surface area contributed by atoms with Crippen molar-refractivity contribution < 1.29 is 22.7 Å². The lowest BCUT2D eigenvalue weighted by Gasteiger charge is -2.10. The number of benzene rings is 2. The van der Waals surface area contributed by atoms with Gasteiger partial charge in [0.1, 0.15) is 5.75 Å². The van der Waals surface area contributed by atoms with E-state index < -0.39 is 12.0 Å². The van der Waals surface area contributed by atoms with Gasteiger partial charge in [-0.3, -0.25) is 4.79 Å². The third-order valence-corrected chi connectivity index (χ3v) is 4.55.